The van der Waals surface area contributed by atoms with Crippen LogP contribution in [0, 0.1) is 44.4 Å². The van der Waals surface area contributed by atoms with Crippen LogP contribution in [-0.4, -0.2) is 10.6 Å². The Bertz CT molecular complexity index is 931. The molecule has 2 rings (SSSR count). The number of nitro groups is 1. The average Bonchev–Trinajstić information content (AvgIpc) is 2.58. The summed E-state index contributed by atoms with van der Waals surface area (Å²) in [7, 11) is 0. The summed E-state index contributed by atoms with van der Waals surface area (Å²) in [6, 6.07) is 8.92. The topological polar surface area (TPSA) is 124 Å². The minimum atomic E-state index is -0.990. The first kappa shape index (κ1) is 17.3. The molecule has 0 amide bonds. The zero-order valence-corrected chi connectivity index (χ0v) is 12.2. The Morgan fingerprint density at radius 3 is 2.52 bits per heavy atom. The Balaban J connectivity index is 2.37. The molecule has 8 nitrogen and oxygen atoms in total. The zero-order valence-electron chi connectivity index (χ0n) is 12.2. The number of hydrazone groups is 1. The molecule has 0 aliphatic carbocycles. The summed E-state index contributed by atoms with van der Waals surface area (Å²) in [4.78, 5) is 10.3. The highest BCUT2D eigenvalue weighted by Crippen LogP contribution is 2.31. The highest BCUT2D eigenvalue weighted by Gasteiger charge is 2.13. The zero-order chi connectivity index (χ0) is 18.4. The van der Waals surface area contributed by atoms with Gasteiger partial charge in [0.05, 0.1) is 16.7 Å². The lowest BCUT2D eigenvalue weighted by Crippen LogP contribution is -1.98. The number of halogens is 2. The van der Waals surface area contributed by atoms with E-state index in [0.29, 0.717) is 6.07 Å². The lowest BCUT2D eigenvalue weighted by molar-refractivity contribution is -0.384. The van der Waals surface area contributed by atoms with Crippen LogP contribution in [0.4, 0.5) is 20.2 Å². The monoisotopic (exact) mass is 343 g/mol. The molecule has 10 heteroatoms. The fourth-order valence-corrected chi connectivity index (χ4v) is 1.69. The summed E-state index contributed by atoms with van der Waals surface area (Å²) in [5, 5.41) is 31.6. The molecule has 124 valence electrons. The van der Waals surface area contributed by atoms with Crippen molar-refractivity contribution in [2.24, 2.45) is 5.10 Å². The van der Waals surface area contributed by atoms with Gasteiger partial charge in [-0.25, -0.2) is 8.78 Å². The Hall–Kier alpha value is -4.05. The van der Waals surface area contributed by atoms with E-state index in [4.69, 9.17) is 15.3 Å². The normalized spacial score (nSPS) is 9.44. The summed E-state index contributed by atoms with van der Waals surface area (Å²) in [6.07, 6.45) is 0. The third-order valence-electron chi connectivity index (χ3n) is 2.73. The smallest absolute Gasteiger partial charge is 0.275 e. The summed E-state index contributed by atoms with van der Waals surface area (Å²) in [6.45, 7) is 0. The molecule has 0 aliphatic heterocycles. The molecule has 0 spiro atoms. The number of ether oxygens (including phenoxy) is 1. The molecule has 0 heterocycles. The van der Waals surface area contributed by atoms with Gasteiger partial charge in [0.25, 0.3) is 5.69 Å². The van der Waals surface area contributed by atoms with Crippen molar-refractivity contribution in [3.8, 4) is 23.6 Å². The number of nitrogens with zero attached hydrogens (tertiary/aromatic N) is 4. The standard InChI is InChI=1S/C15H7F2N5O3/c16-9-1-2-15(14(17)3-9)25-13-5-10(4-12(6-13)22(23)24)20-21-11(7-18)8-19/h1-6,20H. The van der Waals surface area contributed by atoms with Gasteiger partial charge in [-0.1, -0.05) is 0 Å². The van der Waals surface area contributed by atoms with Crippen LogP contribution in [0.5, 0.6) is 11.5 Å². The second-order valence-electron chi connectivity index (χ2n) is 4.45. The summed E-state index contributed by atoms with van der Waals surface area (Å²) >= 11 is 0. The molecule has 2 aromatic carbocycles. The Kier molecular flexibility index (Phi) is 5.18. The minimum absolute atomic E-state index is 0.0229. The van der Waals surface area contributed by atoms with E-state index in [1.165, 1.54) is 18.2 Å². The van der Waals surface area contributed by atoms with E-state index in [0.717, 1.165) is 24.3 Å². The molecule has 0 saturated carbocycles. The number of non-ortho nitro benzene ring substituents is 1. The maximum Gasteiger partial charge on any atom is 0.275 e. The fraction of sp³-hybridized carbons (Fsp3) is 0. The highest BCUT2D eigenvalue weighted by molar-refractivity contribution is 6.10. The van der Waals surface area contributed by atoms with Gasteiger partial charge in [-0.05, 0) is 12.1 Å². The predicted molar refractivity (Wildman–Crippen MR) is 81.8 cm³/mol. The van der Waals surface area contributed by atoms with Gasteiger partial charge in [0.1, 0.15) is 23.7 Å². The molecule has 0 saturated heterocycles. The number of nitro benzene ring substituents is 1. The highest BCUT2D eigenvalue weighted by atomic mass is 19.1. The Morgan fingerprint density at radius 1 is 1.20 bits per heavy atom. The van der Waals surface area contributed by atoms with Gasteiger partial charge in [-0.3, -0.25) is 15.5 Å². The summed E-state index contributed by atoms with van der Waals surface area (Å²) in [5.41, 5.74) is 1.41. The molecular weight excluding hydrogens is 336 g/mol. The second kappa shape index (κ2) is 7.48. The molecule has 1 N–H and O–H groups in total. The lowest BCUT2D eigenvalue weighted by Gasteiger charge is -2.08. The molecular formula is C15H7F2N5O3. The van der Waals surface area contributed by atoms with E-state index in [1.807, 2.05) is 0 Å². The first-order valence-corrected chi connectivity index (χ1v) is 6.49. The van der Waals surface area contributed by atoms with Gasteiger partial charge in [-0.15, -0.1) is 0 Å². The summed E-state index contributed by atoms with van der Waals surface area (Å²) in [5.74, 6) is -2.27. The van der Waals surface area contributed by atoms with Crippen molar-refractivity contribution < 1.29 is 18.4 Å². The van der Waals surface area contributed by atoms with Crippen molar-refractivity contribution >= 4 is 17.1 Å². The molecule has 0 aromatic heterocycles. The molecule has 0 aliphatic rings. The van der Waals surface area contributed by atoms with Gasteiger partial charge in [0.2, 0.25) is 5.71 Å². The fourth-order valence-electron chi connectivity index (χ4n) is 1.69. The molecule has 25 heavy (non-hydrogen) atoms. The van der Waals surface area contributed by atoms with Crippen molar-refractivity contribution in [1.29, 1.82) is 10.5 Å². The number of rotatable bonds is 5. The van der Waals surface area contributed by atoms with E-state index >= 15 is 0 Å². The first-order chi connectivity index (χ1) is 11.9. The maximum atomic E-state index is 13.6. The van der Waals surface area contributed by atoms with E-state index in [2.05, 4.69) is 10.5 Å². The summed E-state index contributed by atoms with van der Waals surface area (Å²) < 4.78 is 31.7. The Morgan fingerprint density at radius 2 is 1.92 bits per heavy atom. The van der Waals surface area contributed by atoms with Crippen LogP contribution < -0.4 is 10.2 Å². The van der Waals surface area contributed by atoms with E-state index in [1.54, 1.807) is 0 Å². The van der Waals surface area contributed by atoms with Gasteiger partial charge in [-0.2, -0.15) is 15.6 Å². The van der Waals surface area contributed by atoms with Crippen LogP contribution in [0.15, 0.2) is 41.5 Å². The maximum absolute atomic E-state index is 13.6. The number of nitriles is 2. The lowest BCUT2D eigenvalue weighted by atomic mass is 10.2. The molecule has 2 aromatic rings. The SMILES string of the molecule is N#CC(C#N)=NNc1cc(Oc2ccc(F)cc2F)cc([N+](=O)[O-])c1. The van der Waals surface area contributed by atoms with Crippen molar-refractivity contribution in [2.75, 3.05) is 5.43 Å². The van der Waals surface area contributed by atoms with Crippen LogP contribution in [0.1, 0.15) is 0 Å². The van der Waals surface area contributed by atoms with Crippen molar-refractivity contribution in [3.63, 3.8) is 0 Å². The van der Waals surface area contributed by atoms with Crippen LogP contribution in [-0.2, 0) is 0 Å². The molecule has 0 radical (unpaired) electrons. The number of nitrogens with one attached hydrogen (secondary N) is 1. The third kappa shape index (κ3) is 4.46. The number of hydrogen-bond donors (Lipinski definition) is 1. The van der Waals surface area contributed by atoms with Crippen molar-refractivity contribution in [3.05, 3.63) is 58.1 Å². The van der Waals surface area contributed by atoms with Crippen LogP contribution in [0.2, 0.25) is 0 Å². The van der Waals surface area contributed by atoms with Crippen molar-refractivity contribution in [2.45, 2.75) is 0 Å². The van der Waals surface area contributed by atoms with E-state index in [9.17, 15) is 18.9 Å². The van der Waals surface area contributed by atoms with Gasteiger partial charge in [0, 0.05) is 18.2 Å². The molecule has 0 bridgehead atoms. The largest absolute Gasteiger partial charge is 0.454 e. The van der Waals surface area contributed by atoms with Gasteiger partial charge < -0.3 is 4.74 Å². The number of benzene rings is 2. The van der Waals surface area contributed by atoms with E-state index < -0.39 is 28.0 Å². The Labute approximate surface area is 139 Å². The quantitative estimate of drug-likeness (QED) is 0.503. The number of hydrogen-bond acceptors (Lipinski definition) is 7. The van der Waals surface area contributed by atoms with E-state index in [-0.39, 0.29) is 17.2 Å². The van der Waals surface area contributed by atoms with Crippen LogP contribution in [0.3, 0.4) is 0 Å². The van der Waals surface area contributed by atoms with Gasteiger partial charge >= 0.3 is 0 Å². The van der Waals surface area contributed by atoms with Crippen LogP contribution in [0.25, 0.3) is 0 Å². The number of anilines is 1. The predicted octanol–water partition coefficient (Wildman–Crippen LogP) is 3.48. The molecule has 0 unspecified atom stereocenters. The average molecular weight is 343 g/mol. The molecule has 0 fully saturated rings. The van der Waals surface area contributed by atoms with Crippen LogP contribution >= 0.6 is 0 Å². The third-order valence-corrected chi connectivity index (χ3v) is 2.73. The minimum Gasteiger partial charge on any atom is -0.454 e. The second-order valence-corrected chi connectivity index (χ2v) is 4.45. The van der Waals surface area contributed by atoms with Gasteiger partial charge in [0.15, 0.2) is 11.6 Å². The molecule has 0 atom stereocenters. The first-order valence-electron chi connectivity index (χ1n) is 6.49. The van der Waals surface area contributed by atoms with Crippen molar-refractivity contribution in [1.82, 2.24) is 0 Å².